The second kappa shape index (κ2) is 4.59. The molecule has 78 valence electrons. The second-order valence-electron chi connectivity index (χ2n) is 2.67. The second-order valence-corrected chi connectivity index (χ2v) is 5.58. The molecule has 0 saturated heterocycles. The van der Waals surface area contributed by atoms with Crippen molar-refractivity contribution < 1.29 is 8.42 Å². The van der Waals surface area contributed by atoms with Crippen LogP contribution < -0.4 is 10.5 Å². The third kappa shape index (κ3) is 2.83. The fourth-order valence-electron chi connectivity index (χ4n) is 0.838. The quantitative estimate of drug-likeness (QED) is 0.591. The summed E-state index contributed by atoms with van der Waals surface area (Å²) in [6, 6.07) is 1.45. The van der Waals surface area contributed by atoms with Crippen LogP contribution >= 0.6 is 11.3 Å². The van der Waals surface area contributed by atoms with Gasteiger partial charge in [-0.1, -0.05) is 6.08 Å². The van der Waals surface area contributed by atoms with Crippen molar-refractivity contribution in [3.8, 4) is 0 Å². The molecular weight excluding hydrogens is 220 g/mol. The molecule has 0 radical (unpaired) electrons. The van der Waals surface area contributed by atoms with E-state index in [2.05, 4.69) is 11.3 Å². The molecule has 1 aromatic rings. The first kappa shape index (κ1) is 11.2. The zero-order valence-corrected chi connectivity index (χ0v) is 9.20. The molecule has 0 aliphatic rings. The molecule has 0 aliphatic carbocycles. The lowest BCUT2D eigenvalue weighted by molar-refractivity contribution is 0.584. The van der Waals surface area contributed by atoms with E-state index >= 15 is 0 Å². The Bertz CT molecular complexity index is 409. The van der Waals surface area contributed by atoms with Gasteiger partial charge in [-0.15, -0.1) is 17.9 Å². The molecule has 1 aromatic heterocycles. The van der Waals surface area contributed by atoms with Crippen LogP contribution in [-0.2, 0) is 10.0 Å². The molecule has 0 spiro atoms. The van der Waals surface area contributed by atoms with Gasteiger partial charge in [0.2, 0.25) is 10.0 Å². The Morgan fingerprint density at radius 3 is 2.86 bits per heavy atom. The molecule has 0 unspecified atom stereocenters. The molecule has 0 saturated carbocycles. The minimum Gasteiger partial charge on any atom is -0.398 e. The highest BCUT2D eigenvalue weighted by Crippen LogP contribution is 2.20. The normalized spacial score (nSPS) is 11.4. The summed E-state index contributed by atoms with van der Waals surface area (Å²) in [6.45, 7) is 3.87. The highest BCUT2D eigenvalue weighted by atomic mass is 32.2. The maximum atomic E-state index is 11.5. The van der Waals surface area contributed by atoms with E-state index in [4.69, 9.17) is 5.73 Å². The Labute approximate surface area is 87.5 Å². The van der Waals surface area contributed by atoms with Crippen molar-refractivity contribution in [3.63, 3.8) is 0 Å². The van der Waals surface area contributed by atoms with Gasteiger partial charge in [-0.25, -0.2) is 13.1 Å². The highest BCUT2D eigenvalue weighted by Gasteiger charge is 2.14. The number of nitrogen functional groups attached to an aromatic ring is 1. The minimum absolute atomic E-state index is 0.249. The van der Waals surface area contributed by atoms with Crippen LogP contribution in [0, 0.1) is 0 Å². The van der Waals surface area contributed by atoms with Crippen LogP contribution in [0.5, 0.6) is 0 Å². The molecule has 0 fully saturated rings. The summed E-state index contributed by atoms with van der Waals surface area (Å²) in [7, 11) is -3.37. The summed E-state index contributed by atoms with van der Waals surface area (Å²) in [5.41, 5.74) is 5.90. The van der Waals surface area contributed by atoms with Crippen LogP contribution in [0.4, 0.5) is 5.69 Å². The van der Waals surface area contributed by atoms with Gasteiger partial charge in [0, 0.05) is 17.6 Å². The van der Waals surface area contributed by atoms with E-state index in [1.54, 1.807) is 11.5 Å². The van der Waals surface area contributed by atoms with Gasteiger partial charge in [0.25, 0.3) is 0 Å². The van der Waals surface area contributed by atoms with E-state index in [9.17, 15) is 8.42 Å². The first-order valence-electron chi connectivity index (χ1n) is 4.01. The first-order chi connectivity index (χ1) is 6.56. The Hall–Kier alpha value is -0.850. The summed E-state index contributed by atoms with van der Waals surface area (Å²) in [5.74, 6) is 0. The van der Waals surface area contributed by atoms with E-state index in [1.807, 2.05) is 0 Å². The fourth-order valence-corrected chi connectivity index (χ4v) is 3.01. The van der Waals surface area contributed by atoms with Gasteiger partial charge in [-0.05, 0) is 12.5 Å². The lowest BCUT2D eigenvalue weighted by Gasteiger charge is -2.01. The van der Waals surface area contributed by atoms with E-state index in [1.165, 1.54) is 6.07 Å². The minimum atomic E-state index is -3.37. The van der Waals surface area contributed by atoms with Crippen molar-refractivity contribution in [2.75, 3.05) is 12.3 Å². The van der Waals surface area contributed by atoms with Crippen molar-refractivity contribution in [1.82, 2.24) is 4.72 Å². The number of nitrogens with one attached hydrogen (secondary N) is 1. The van der Waals surface area contributed by atoms with Crippen molar-refractivity contribution >= 4 is 27.0 Å². The molecule has 0 atom stereocenters. The van der Waals surface area contributed by atoms with Gasteiger partial charge in [-0.3, -0.25) is 0 Å². The molecule has 3 N–H and O–H groups in total. The molecule has 14 heavy (non-hydrogen) atoms. The number of rotatable bonds is 5. The largest absolute Gasteiger partial charge is 0.398 e. The number of anilines is 1. The molecule has 0 aromatic carbocycles. The lowest BCUT2D eigenvalue weighted by atomic mass is 10.4. The van der Waals surface area contributed by atoms with Gasteiger partial charge < -0.3 is 5.73 Å². The Morgan fingerprint density at radius 2 is 2.36 bits per heavy atom. The average Bonchev–Trinajstić information content (AvgIpc) is 2.53. The maximum absolute atomic E-state index is 11.5. The van der Waals surface area contributed by atoms with Gasteiger partial charge in [0.1, 0.15) is 4.21 Å². The summed E-state index contributed by atoms with van der Waals surface area (Å²) in [4.78, 5) is 0. The summed E-state index contributed by atoms with van der Waals surface area (Å²) in [5, 5.41) is 1.60. The number of nitrogens with two attached hydrogens (primary N) is 1. The van der Waals surface area contributed by atoms with Crippen LogP contribution in [0.15, 0.2) is 28.3 Å². The molecular formula is C8H12N2O2S2. The summed E-state index contributed by atoms with van der Waals surface area (Å²) < 4.78 is 25.8. The monoisotopic (exact) mass is 232 g/mol. The maximum Gasteiger partial charge on any atom is 0.250 e. The third-order valence-electron chi connectivity index (χ3n) is 1.50. The van der Waals surface area contributed by atoms with Crippen LogP contribution in [0.25, 0.3) is 0 Å². The smallest absolute Gasteiger partial charge is 0.250 e. The molecule has 0 bridgehead atoms. The lowest BCUT2D eigenvalue weighted by Crippen LogP contribution is -2.23. The van der Waals surface area contributed by atoms with Crippen LogP contribution in [-0.4, -0.2) is 15.0 Å². The van der Waals surface area contributed by atoms with Crippen molar-refractivity contribution in [2.45, 2.75) is 10.6 Å². The number of sulfonamides is 1. The average molecular weight is 232 g/mol. The highest BCUT2D eigenvalue weighted by molar-refractivity contribution is 7.91. The predicted molar refractivity (Wildman–Crippen MR) is 58.7 cm³/mol. The molecule has 1 rings (SSSR count). The number of hydrogen-bond donors (Lipinski definition) is 2. The fraction of sp³-hybridized carbons (Fsp3) is 0.250. The Kier molecular flexibility index (Phi) is 3.68. The molecule has 6 heteroatoms. The summed E-state index contributed by atoms with van der Waals surface area (Å²) >= 11 is 1.11. The van der Waals surface area contributed by atoms with E-state index in [0.717, 1.165) is 11.3 Å². The molecule has 1 heterocycles. The van der Waals surface area contributed by atoms with Crippen LogP contribution in [0.3, 0.4) is 0 Å². The topological polar surface area (TPSA) is 72.2 Å². The molecule has 0 aliphatic heterocycles. The van der Waals surface area contributed by atoms with Gasteiger partial charge in [0.15, 0.2) is 0 Å². The van der Waals surface area contributed by atoms with Crippen molar-refractivity contribution in [2.24, 2.45) is 0 Å². The van der Waals surface area contributed by atoms with Crippen molar-refractivity contribution in [3.05, 3.63) is 24.1 Å². The first-order valence-corrected chi connectivity index (χ1v) is 6.37. The van der Waals surface area contributed by atoms with Crippen LogP contribution in [0.2, 0.25) is 0 Å². The SMILES string of the molecule is C=CCCNS(=O)(=O)c1cc(N)cs1. The van der Waals surface area contributed by atoms with E-state index in [-0.39, 0.29) is 4.21 Å². The summed E-state index contributed by atoms with van der Waals surface area (Å²) in [6.07, 6.45) is 2.27. The molecule has 0 amide bonds. The Morgan fingerprint density at radius 1 is 1.64 bits per heavy atom. The standard InChI is InChI=1S/C8H12N2O2S2/c1-2-3-4-10-14(11,12)8-5-7(9)6-13-8/h2,5-6,10H,1,3-4,9H2. The number of hydrogen-bond acceptors (Lipinski definition) is 4. The van der Waals surface area contributed by atoms with Crippen molar-refractivity contribution in [1.29, 1.82) is 0 Å². The van der Waals surface area contributed by atoms with Gasteiger partial charge in [-0.2, -0.15) is 0 Å². The van der Waals surface area contributed by atoms with E-state index < -0.39 is 10.0 Å². The van der Waals surface area contributed by atoms with Crippen LogP contribution in [0.1, 0.15) is 6.42 Å². The zero-order valence-electron chi connectivity index (χ0n) is 7.56. The predicted octanol–water partition coefficient (Wildman–Crippen LogP) is 1.18. The Balaban J connectivity index is 2.71. The number of thiophene rings is 1. The third-order valence-corrected chi connectivity index (χ3v) is 4.42. The zero-order chi connectivity index (χ0) is 10.6. The van der Waals surface area contributed by atoms with Gasteiger partial charge in [0.05, 0.1) is 0 Å². The molecule has 4 nitrogen and oxygen atoms in total. The van der Waals surface area contributed by atoms with Gasteiger partial charge >= 0.3 is 0 Å². The van der Waals surface area contributed by atoms with E-state index in [0.29, 0.717) is 18.7 Å².